The van der Waals surface area contributed by atoms with E-state index in [0.29, 0.717) is 12.1 Å². The van der Waals surface area contributed by atoms with Crippen molar-refractivity contribution in [3.8, 4) is 0 Å². The molecule has 0 amide bonds. The van der Waals surface area contributed by atoms with Gasteiger partial charge in [-0.05, 0) is 37.5 Å². The lowest BCUT2D eigenvalue weighted by Crippen LogP contribution is -2.29. The zero-order valence-electron chi connectivity index (χ0n) is 9.47. The predicted molar refractivity (Wildman–Crippen MR) is 73.0 cm³/mol. The quantitative estimate of drug-likeness (QED) is 0.853. The number of rotatable bonds is 3. The first kappa shape index (κ1) is 12.4. The second kappa shape index (κ2) is 5.52. The van der Waals surface area contributed by atoms with Gasteiger partial charge in [0.05, 0.1) is 0 Å². The summed E-state index contributed by atoms with van der Waals surface area (Å²) >= 11 is 9.67. The van der Waals surface area contributed by atoms with Crippen molar-refractivity contribution in [1.82, 2.24) is 5.32 Å². The SMILES string of the molecule is CC(NC1CCCC1)c1ccc(Br)cc1Cl. The van der Waals surface area contributed by atoms with E-state index in [1.54, 1.807) is 0 Å². The van der Waals surface area contributed by atoms with Gasteiger partial charge in [-0.3, -0.25) is 0 Å². The molecule has 0 bridgehead atoms. The summed E-state index contributed by atoms with van der Waals surface area (Å²) in [5.41, 5.74) is 1.19. The van der Waals surface area contributed by atoms with Gasteiger partial charge in [0, 0.05) is 21.6 Å². The topological polar surface area (TPSA) is 12.0 Å². The number of hydrogen-bond acceptors (Lipinski definition) is 1. The molecule has 1 atom stereocenters. The Labute approximate surface area is 111 Å². The van der Waals surface area contributed by atoms with Crippen LogP contribution in [0.5, 0.6) is 0 Å². The van der Waals surface area contributed by atoms with Gasteiger partial charge in [0.2, 0.25) is 0 Å². The van der Waals surface area contributed by atoms with E-state index in [1.807, 2.05) is 12.1 Å². The molecule has 1 aliphatic rings. The number of hydrogen-bond donors (Lipinski definition) is 1. The van der Waals surface area contributed by atoms with Gasteiger partial charge in [0.15, 0.2) is 0 Å². The standard InChI is InChI=1S/C13H17BrClN/c1-9(16-11-4-2-3-5-11)12-7-6-10(14)8-13(12)15/h6-9,11,16H,2-5H2,1H3. The smallest absolute Gasteiger partial charge is 0.0464 e. The van der Waals surface area contributed by atoms with E-state index in [4.69, 9.17) is 11.6 Å². The molecule has 1 aromatic carbocycles. The predicted octanol–water partition coefficient (Wildman–Crippen LogP) is 4.70. The third-order valence-corrected chi connectivity index (χ3v) is 4.09. The van der Waals surface area contributed by atoms with Gasteiger partial charge in [0.1, 0.15) is 0 Å². The minimum Gasteiger partial charge on any atom is -0.307 e. The van der Waals surface area contributed by atoms with Crippen molar-refractivity contribution in [3.63, 3.8) is 0 Å². The average Bonchev–Trinajstić information content (AvgIpc) is 2.70. The summed E-state index contributed by atoms with van der Waals surface area (Å²) < 4.78 is 1.04. The lowest BCUT2D eigenvalue weighted by molar-refractivity contribution is 0.461. The molecular weight excluding hydrogens is 286 g/mol. The van der Waals surface area contributed by atoms with Crippen molar-refractivity contribution in [2.45, 2.75) is 44.7 Å². The van der Waals surface area contributed by atoms with Gasteiger partial charge in [0.25, 0.3) is 0 Å². The highest BCUT2D eigenvalue weighted by molar-refractivity contribution is 9.10. The van der Waals surface area contributed by atoms with Crippen LogP contribution in [0.4, 0.5) is 0 Å². The van der Waals surface area contributed by atoms with E-state index in [0.717, 1.165) is 9.50 Å². The van der Waals surface area contributed by atoms with E-state index in [1.165, 1.54) is 31.2 Å². The van der Waals surface area contributed by atoms with Crippen LogP contribution in [0, 0.1) is 0 Å². The Morgan fingerprint density at radius 1 is 1.38 bits per heavy atom. The van der Waals surface area contributed by atoms with Gasteiger partial charge >= 0.3 is 0 Å². The summed E-state index contributed by atoms with van der Waals surface area (Å²) in [6.07, 6.45) is 5.33. The lowest BCUT2D eigenvalue weighted by atomic mass is 10.1. The number of nitrogens with one attached hydrogen (secondary N) is 1. The average molecular weight is 303 g/mol. The van der Waals surface area contributed by atoms with Crippen molar-refractivity contribution >= 4 is 27.5 Å². The molecule has 1 fully saturated rings. The first-order valence-electron chi connectivity index (χ1n) is 5.88. The summed E-state index contributed by atoms with van der Waals surface area (Å²) in [6, 6.07) is 7.12. The molecule has 0 radical (unpaired) electrons. The maximum atomic E-state index is 6.24. The van der Waals surface area contributed by atoms with E-state index >= 15 is 0 Å². The van der Waals surface area contributed by atoms with Crippen LogP contribution in [0.3, 0.4) is 0 Å². The Balaban J connectivity index is 2.04. The Morgan fingerprint density at radius 3 is 2.69 bits per heavy atom. The van der Waals surface area contributed by atoms with Crippen molar-refractivity contribution in [3.05, 3.63) is 33.3 Å². The molecule has 1 N–H and O–H groups in total. The van der Waals surface area contributed by atoms with Crippen LogP contribution in [0.25, 0.3) is 0 Å². The lowest BCUT2D eigenvalue weighted by Gasteiger charge is -2.20. The Morgan fingerprint density at radius 2 is 2.06 bits per heavy atom. The fraction of sp³-hybridized carbons (Fsp3) is 0.538. The van der Waals surface area contributed by atoms with Crippen LogP contribution in [0.15, 0.2) is 22.7 Å². The van der Waals surface area contributed by atoms with E-state index in [2.05, 4.69) is 34.2 Å². The van der Waals surface area contributed by atoms with E-state index < -0.39 is 0 Å². The maximum absolute atomic E-state index is 6.24. The summed E-state index contributed by atoms with van der Waals surface area (Å²) in [5.74, 6) is 0. The van der Waals surface area contributed by atoms with Crippen molar-refractivity contribution < 1.29 is 0 Å². The molecule has 3 heteroatoms. The monoisotopic (exact) mass is 301 g/mol. The largest absolute Gasteiger partial charge is 0.307 e. The van der Waals surface area contributed by atoms with Crippen LogP contribution in [0.2, 0.25) is 5.02 Å². The normalized spacial score (nSPS) is 18.9. The second-order valence-corrected chi connectivity index (χ2v) is 5.86. The molecule has 88 valence electrons. The fourth-order valence-electron chi connectivity index (χ4n) is 2.39. The molecule has 2 rings (SSSR count). The maximum Gasteiger partial charge on any atom is 0.0464 e. The molecule has 1 aromatic rings. The Bertz CT molecular complexity index is 361. The van der Waals surface area contributed by atoms with Gasteiger partial charge < -0.3 is 5.32 Å². The Kier molecular flexibility index (Phi) is 4.28. The minimum absolute atomic E-state index is 0.337. The first-order valence-corrected chi connectivity index (χ1v) is 7.05. The molecular formula is C13H17BrClN. The summed E-state index contributed by atoms with van der Waals surface area (Å²) in [6.45, 7) is 2.19. The van der Waals surface area contributed by atoms with Gasteiger partial charge in [-0.1, -0.05) is 46.4 Å². The van der Waals surface area contributed by atoms with Crippen molar-refractivity contribution in [2.24, 2.45) is 0 Å². The molecule has 0 spiro atoms. The van der Waals surface area contributed by atoms with Crippen LogP contribution >= 0.6 is 27.5 Å². The van der Waals surface area contributed by atoms with Gasteiger partial charge in [-0.15, -0.1) is 0 Å². The molecule has 1 aliphatic carbocycles. The zero-order chi connectivity index (χ0) is 11.5. The minimum atomic E-state index is 0.337. The summed E-state index contributed by atoms with van der Waals surface area (Å²) in [5, 5.41) is 4.50. The van der Waals surface area contributed by atoms with Gasteiger partial charge in [-0.25, -0.2) is 0 Å². The van der Waals surface area contributed by atoms with Crippen LogP contribution in [0.1, 0.15) is 44.2 Å². The molecule has 1 unspecified atom stereocenters. The second-order valence-electron chi connectivity index (χ2n) is 4.54. The molecule has 1 saturated carbocycles. The van der Waals surface area contributed by atoms with Gasteiger partial charge in [-0.2, -0.15) is 0 Å². The fourth-order valence-corrected chi connectivity index (χ4v) is 3.23. The van der Waals surface area contributed by atoms with Crippen LogP contribution in [-0.2, 0) is 0 Å². The van der Waals surface area contributed by atoms with E-state index in [-0.39, 0.29) is 0 Å². The third-order valence-electron chi connectivity index (χ3n) is 3.27. The number of benzene rings is 1. The Hall–Kier alpha value is -0.0500. The summed E-state index contributed by atoms with van der Waals surface area (Å²) in [4.78, 5) is 0. The molecule has 1 nitrogen and oxygen atoms in total. The zero-order valence-corrected chi connectivity index (χ0v) is 11.8. The van der Waals surface area contributed by atoms with Crippen molar-refractivity contribution in [2.75, 3.05) is 0 Å². The highest BCUT2D eigenvalue weighted by Gasteiger charge is 2.18. The first-order chi connectivity index (χ1) is 7.66. The highest BCUT2D eigenvalue weighted by atomic mass is 79.9. The molecule has 0 heterocycles. The van der Waals surface area contributed by atoms with Crippen molar-refractivity contribution in [1.29, 1.82) is 0 Å². The number of halogens is 2. The molecule has 0 saturated heterocycles. The third kappa shape index (κ3) is 2.99. The summed E-state index contributed by atoms with van der Waals surface area (Å²) in [7, 11) is 0. The van der Waals surface area contributed by atoms with Crippen LogP contribution < -0.4 is 5.32 Å². The van der Waals surface area contributed by atoms with E-state index in [9.17, 15) is 0 Å². The molecule has 16 heavy (non-hydrogen) atoms. The van der Waals surface area contributed by atoms with Crippen LogP contribution in [-0.4, -0.2) is 6.04 Å². The highest BCUT2D eigenvalue weighted by Crippen LogP contribution is 2.28. The molecule has 0 aromatic heterocycles. The molecule has 0 aliphatic heterocycles.